The molecule has 0 amide bonds. The molecule has 0 aliphatic carbocycles. The normalized spacial score (nSPS) is 11.4. The Morgan fingerprint density at radius 1 is 1.22 bits per heavy atom. The summed E-state index contributed by atoms with van der Waals surface area (Å²) in [6.07, 6.45) is 1.08. The van der Waals surface area contributed by atoms with Crippen molar-refractivity contribution in [2.45, 2.75) is 32.3 Å². The Bertz CT molecular complexity index is 409. The fourth-order valence-electron chi connectivity index (χ4n) is 1.51. The Hall–Kier alpha value is -1.43. The molecule has 6 heteroatoms. The highest BCUT2D eigenvalue weighted by Crippen LogP contribution is 2.21. The zero-order valence-electron chi connectivity index (χ0n) is 10.8. The van der Waals surface area contributed by atoms with Gasteiger partial charge in [0.2, 0.25) is 0 Å². The molecule has 4 nitrogen and oxygen atoms in total. The number of hydrogen-bond acceptors (Lipinski definition) is 4. The molecule has 0 radical (unpaired) electrons. The van der Waals surface area contributed by atoms with Crippen molar-refractivity contribution >= 4 is 11.6 Å². The second-order valence-electron chi connectivity index (χ2n) is 4.18. The van der Waals surface area contributed by atoms with Gasteiger partial charge in [-0.25, -0.2) is 13.8 Å². The van der Waals surface area contributed by atoms with Crippen LogP contribution >= 0.6 is 0 Å². The number of hydrogen-bond donors (Lipinski definition) is 3. The van der Waals surface area contributed by atoms with Gasteiger partial charge in [-0.1, -0.05) is 13.8 Å². The second kappa shape index (κ2) is 5.95. The number of rotatable bonds is 6. The first-order valence-electron chi connectivity index (χ1n) is 5.95. The highest BCUT2D eigenvalue weighted by Gasteiger charge is 2.23. The van der Waals surface area contributed by atoms with E-state index in [9.17, 15) is 13.9 Å². The average Bonchev–Trinajstić information content (AvgIpc) is 2.37. The predicted octanol–water partition coefficient (Wildman–Crippen LogP) is 2.36. The molecule has 1 rings (SSSR count). The molecule has 0 aromatic carbocycles. The molecular formula is C12H19F2N3O. The van der Waals surface area contributed by atoms with E-state index >= 15 is 0 Å². The molecule has 1 heterocycles. The largest absolute Gasteiger partial charge is 0.388 e. The Labute approximate surface area is 105 Å². The van der Waals surface area contributed by atoms with Crippen LogP contribution in [0.15, 0.2) is 6.07 Å². The molecule has 0 saturated heterocycles. The van der Waals surface area contributed by atoms with E-state index in [2.05, 4.69) is 15.6 Å². The number of anilines is 2. The van der Waals surface area contributed by atoms with Crippen LogP contribution in [0.25, 0.3) is 0 Å². The van der Waals surface area contributed by atoms with Crippen molar-refractivity contribution in [3.05, 3.63) is 17.7 Å². The van der Waals surface area contributed by atoms with E-state index < -0.39 is 17.2 Å². The van der Waals surface area contributed by atoms with Crippen molar-refractivity contribution in [2.24, 2.45) is 0 Å². The van der Waals surface area contributed by atoms with Crippen molar-refractivity contribution in [3.8, 4) is 0 Å². The third-order valence-corrected chi connectivity index (χ3v) is 3.07. The Morgan fingerprint density at radius 3 is 2.28 bits per heavy atom. The van der Waals surface area contributed by atoms with Crippen LogP contribution in [0.1, 0.15) is 26.7 Å². The minimum absolute atomic E-state index is 0.0320. The van der Waals surface area contributed by atoms with Crippen molar-refractivity contribution < 1.29 is 13.9 Å². The lowest BCUT2D eigenvalue weighted by Gasteiger charge is -2.25. The topological polar surface area (TPSA) is 57.2 Å². The zero-order chi connectivity index (χ0) is 13.8. The highest BCUT2D eigenvalue weighted by molar-refractivity contribution is 5.47. The molecular weight excluding hydrogens is 240 g/mol. The minimum atomic E-state index is -0.914. The molecule has 0 aliphatic rings. The molecule has 0 fully saturated rings. The van der Waals surface area contributed by atoms with Crippen molar-refractivity contribution in [1.82, 2.24) is 4.98 Å². The fourth-order valence-corrected chi connectivity index (χ4v) is 1.51. The van der Waals surface area contributed by atoms with Crippen LogP contribution in [-0.2, 0) is 0 Å². The van der Waals surface area contributed by atoms with Gasteiger partial charge in [-0.15, -0.1) is 0 Å². The summed E-state index contributed by atoms with van der Waals surface area (Å²) >= 11 is 0. The number of nitrogens with one attached hydrogen (secondary N) is 2. The van der Waals surface area contributed by atoms with Crippen LogP contribution in [0, 0.1) is 11.6 Å². The average molecular weight is 259 g/mol. The molecule has 0 atom stereocenters. The molecule has 0 bridgehead atoms. The van der Waals surface area contributed by atoms with E-state index in [1.165, 1.54) is 7.05 Å². The van der Waals surface area contributed by atoms with Crippen molar-refractivity contribution in [3.63, 3.8) is 0 Å². The lowest BCUT2D eigenvalue weighted by Crippen LogP contribution is -2.35. The molecule has 0 saturated carbocycles. The van der Waals surface area contributed by atoms with Crippen LogP contribution in [0.3, 0.4) is 0 Å². The van der Waals surface area contributed by atoms with E-state index in [0.29, 0.717) is 12.8 Å². The van der Waals surface area contributed by atoms with Gasteiger partial charge in [-0.3, -0.25) is 0 Å². The van der Waals surface area contributed by atoms with Gasteiger partial charge in [0.15, 0.2) is 23.3 Å². The number of pyridine rings is 1. The standard InChI is InChI=1S/C12H19F2N3O/c1-4-12(18,5-2)7-16-11-9(14)6-8(13)10(15-3)17-11/h6,18H,4-5,7H2,1-3H3,(H2,15,16,17). The van der Waals surface area contributed by atoms with Gasteiger partial charge in [0.25, 0.3) is 0 Å². The van der Waals surface area contributed by atoms with Gasteiger partial charge in [0, 0.05) is 19.7 Å². The van der Waals surface area contributed by atoms with Gasteiger partial charge >= 0.3 is 0 Å². The van der Waals surface area contributed by atoms with Crippen LogP contribution < -0.4 is 10.6 Å². The maximum absolute atomic E-state index is 13.5. The molecule has 102 valence electrons. The molecule has 3 N–H and O–H groups in total. The van der Waals surface area contributed by atoms with Crippen LogP contribution in [0.4, 0.5) is 20.4 Å². The Kier molecular flexibility index (Phi) is 4.84. The van der Waals surface area contributed by atoms with Gasteiger partial charge in [0.05, 0.1) is 5.60 Å². The molecule has 0 spiro atoms. The SMILES string of the molecule is CCC(O)(CC)CNc1nc(NC)c(F)cc1F. The maximum Gasteiger partial charge on any atom is 0.168 e. The van der Waals surface area contributed by atoms with Gasteiger partial charge in [-0.2, -0.15) is 0 Å². The smallest absolute Gasteiger partial charge is 0.168 e. The first-order chi connectivity index (χ1) is 8.45. The van der Waals surface area contributed by atoms with Crippen LogP contribution in [-0.4, -0.2) is 29.3 Å². The van der Waals surface area contributed by atoms with E-state index in [-0.39, 0.29) is 18.2 Å². The first-order valence-corrected chi connectivity index (χ1v) is 5.95. The summed E-state index contributed by atoms with van der Waals surface area (Å²) in [4.78, 5) is 3.78. The second-order valence-corrected chi connectivity index (χ2v) is 4.18. The van der Waals surface area contributed by atoms with Crippen LogP contribution in [0.5, 0.6) is 0 Å². The predicted molar refractivity (Wildman–Crippen MR) is 67.7 cm³/mol. The minimum Gasteiger partial charge on any atom is -0.388 e. The van der Waals surface area contributed by atoms with Crippen molar-refractivity contribution in [1.29, 1.82) is 0 Å². The lowest BCUT2D eigenvalue weighted by atomic mass is 9.98. The summed E-state index contributed by atoms with van der Waals surface area (Å²) in [5.41, 5.74) is -0.914. The quantitative estimate of drug-likeness (QED) is 0.734. The summed E-state index contributed by atoms with van der Waals surface area (Å²) in [6.45, 7) is 3.86. The summed E-state index contributed by atoms with van der Waals surface area (Å²) in [6, 6.07) is 0.762. The summed E-state index contributed by atoms with van der Waals surface area (Å²) in [7, 11) is 1.50. The highest BCUT2D eigenvalue weighted by atomic mass is 19.1. The third kappa shape index (κ3) is 3.29. The summed E-state index contributed by atoms with van der Waals surface area (Å²) < 4.78 is 26.7. The Balaban J connectivity index is 2.85. The Morgan fingerprint density at radius 2 is 1.78 bits per heavy atom. The number of aromatic nitrogens is 1. The number of nitrogens with zero attached hydrogens (tertiary/aromatic N) is 1. The molecule has 1 aromatic heterocycles. The molecule has 0 unspecified atom stereocenters. The van der Waals surface area contributed by atoms with E-state index in [1.807, 2.05) is 13.8 Å². The maximum atomic E-state index is 13.5. The van der Waals surface area contributed by atoms with E-state index in [0.717, 1.165) is 6.07 Å². The van der Waals surface area contributed by atoms with E-state index in [4.69, 9.17) is 0 Å². The van der Waals surface area contributed by atoms with Crippen LogP contribution in [0.2, 0.25) is 0 Å². The number of halogens is 2. The lowest BCUT2D eigenvalue weighted by molar-refractivity contribution is 0.0455. The zero-order valence-corrected chi connectivity index (χ0v) is 10.8. The van der Waals surface area contributed by atoms with E-state index in [1.54, 1.807) is 0 Å². The number of aliphatic hydroxyl groups is 1. The summed E-state index contributed by atoms with van der Waals surface area (Å²) in [5, 5.41) is 15.3. The monoisotopic (exact) mass is 259 g/mol. The third-order valence-electron chi connectivity index (χ3n) is 3.07. The van der Waals surface area contributed by atoms with Gasteiger partial charge < -0.3 is 15.7 Å². The summed E-state index contributed by atoms with van der Waals surface area (Å²) in [5.74, 6) is -1.63. The van der Waals surface area contributed by atoms with Gasteiger partial charge in [0.1, 0.15) is 0 Å². The molecule has 0 aliphatic heterocycles. The van der Waals surface area contributed by atoms with Gasteiger partial charge in [-0.05, 0) is 12.8 Å². The molecule has 1 aromatic rings. The molecule has 18 heavy (non-hydrogen) atoms. The first kappa shape index (κ1) is 14.6. The fraction of sp³-hybridized carbons (Fsp3) is 0.583. The van der Waals surface area contributed by atoms with Crippen molar-refractivity contribution in [2.75, 3.05) is 24.2 Å².